The first-order chi connectivity index (χ1) is 16.4. The summed E-state index contributed by atoms with van der Waals surface area (Å²) in [5, 5.41) is 2.00. The molecule has 35 heavy (non-hydrogen) atoms. The molecule has 0 spiro atoms. The molecule has 1 aliphatic rings. The molecule has 1 heterocycles. The van der Waals surface area contributed by atoms with Gasteiger partial charge in [-0.2, -0.15) is 13.2 Å². The number of methoxy groups -OCH3 is 1. The van der Waals surface area contributed by atoms with Gasteiger partial charge in [0.2, 0.25) is 5.91 Å². The Bertz CT molecular complexity index is 1220. The quantitative estimate of drug-likeness (QED) is 0.421. The lowest BCUT2D eigenvalue weighted by Crippen LogP contribution is -2.36. The number of imide groups is 1. The lowest BCUT2D eigenvalue weighted by atomic mass is 10.1. The van der Waals surface area contributed by atoms with Gasteiger partial charge in [-0.15, -0.1) is 0 Å². The number of rotatable bonds is 7. The first-order valence-corrected chi connectivity index (χ1v) is 11.4. The minimum absolute atomic E-state index is 0.0151. The zero-order chi connectivity index (χ0) is 25.9. The molecule has 1 N–H and O–H groups in total. The fourth-order valence-corrected chi connectivity index (χ4v) is 4.47. The van der Waals surface area contributed by atoms with Crippen molar-refractivity contribution in [3.63, 3.8) is 0 Å². The molecule has 1 aliphatic heterocycles. The number of carbonyl (C=O) groups excluding carboxylic acids is 3. The molecule has 0 aliphatic carbocycles. The van der Waals surface area contributed by atoms with Crippen molar-refractivity contribution in [3.8, 4) is 11.5 Å². The van der Waals surface area contributed by atoms with E-state index in [9.17, 15) is 27.6 Å². The summed E-state index contributed by atoms with van der Waals surface area (Å²) in [6, 6.07) is 5.51. The van der Waals surface area contributed by atoms with E-state index in [1.54, 1.807) is 6.92 Å². The molecule has 13 heteroatoms. The van der Waals surface area contributed by atoms with E-state index < -0.39 is 35.3 Å². The van der Waals surface area contributed by atoms with Crippen molar-refractivity contribution in [3.05, 3.63) is 56.4 Å². The van der Waals surface area contributed by atoms with Crippen molar-refractivity contribution in [2.24, 2.45) is 0 Å². The molecule has 2 aromatic carbocycles. The Morgan fingerprint density at radius 3 is 2.54 bits per heavy atom. The number of carbonyl (C=O) groups is 3. The predicted molar refractivity (Wildman–Crippen MR) is 127 cm³/mol. The third kappa shape index (κ3) is 6.22. The number of halogens is 5. The molecule has 7 nitrogen and oxygen atoms in total. The summed E-state index contributed by atoms with van der Waals surface area (Å²) in [7, 11) is 1.22. The Hall–Kier alpha value is -2.89. The summed E-state index contributed by atoms with van der Waals surface area (Å²) in [6.45, 7) is 1.29. The van der Waals surface area contributed by atoms with Gasteiger partial charge in [0.05, 0.1) is 34.9 Å². The SMILES string of the molecule is CCOc1c(Cl)cc(Cl)cc1/C=C1\SC(=O)N(CC(=O)Nc2cc(C(F)(F)F)ccc2OC)C1=O. The van der Waals surface area contributed by atoms with Crippen LogP contribution >= 0.6 is 35.0 Å². The Labute approximate surface area is 212 Å². The van der Waals surface area contributed by atoms with Crippen LogP contribution < -0.4 is 14.8 Å². The lowest BCUT2D eigenvalue weighted by molar-refractivity contribution is -0.137. The van der Waals surface area contributed by atoms with Crippen LogP contribution in [0.15, 0.2) is 35.2 Å². The van der Waals surface area contributed by atoms with Gasteiger partial charge >= 0.3 is 6.18 Å². The van der Waals surface area contributed by atoms with E-state index in [1.165, 1.54) is 25.3 Å². The van der Waals surface area contributed by atoms with Gasteiger partial charge < -0.3 is 14.8 Å². The maximum absolute atomic E-state index is 13.0. The summed E-state index contributed by atoms with van der Waals surface area (Å²) in [5.41, 5.74) is -0.911. The first kappa shape index (κ1) is 26.7. The molecule has 3 rings (SSSR count). The average molecular weight is 549 g/mol. The van der Waals surface area contributed by atoms with E-state index in [1.807, 2.05) is 0 Å². The van der Waals surface area contributed by atoms with E-state index in [4.69, 9.17) is 32.7 Å². The van der Waals surface area contributed by atoms with Crippen molar-refractivity contribution >= 4 is 63.8 Å². The van der Waals surface area contributed by atoms with E-state index in [0.29, 0.717) is 28.3 Å². The average Bonchev–Trinajstić information content (AvgIpc) is 3.02. The van der Waals surface area contributed by atoms with Crippen molar-refractivity contribution in [1.29, 1.82) is 0 Å². The second-order valence-corrected chi connectivity index (χ2v) is 8.80. The molecule has 0 bridgehead atoms. The van der Waals surface area contributed by atoms with E-state index in [2.05, 4.69) is 5.32 Å². The Balaban J connectivity index is 1.81. The largest absolute Gasteiger partial charge is 0.495 e. The number of alkyl halides is 3. The number of benzene rings is 2. The number of hydrogen-bond acceptors (Lipinski definition) is 6. The highest BCUT2D eigenvalue weighted by molar-refractivity contribution is 8.18. The van der Waals surface area contributed by atoms with Crippen LogP contribution in [0.5, 0.6) is 11.5 Å². The van der Waals surface area contributed by atoms with E-state index in [0.717, 1.165) is 12.1 Å². The van der Waals surface area contributed by atoms with Gasteiger partial charge in [-0.1, -0.05) is 23.2 Å². The molecule has 1 fully saturated rings. The van der Waals surface area contributed by atoms with Crippen molar-refractivity contribution < 1.29 is 37.0 Å². The van der Waals surface area contributed by atoms with Gasteiger partial charge in [-0.05, 0) is 55.1 Å². The smallest absolute Gasteiger partial charge is 0.416 e. The predicted octanol–water partition coefficient (Wildman–Crippen LogP) is 6.09. The van der Waals surface area contributed by atoms with Crippen LogP contribution in [-0.2, 0) is 15.8 Å². The van der Waals surface area contributed by atoms with Gasteiger partial charge in [0.25, 0.3) is 11.1 Å². The molecule has 186 valence electrons. The standard InChI is InChI=1S/C22H17Cl2F3N2O5S/c1-3-34-19-11(6-13(23)9-14(19)24)7-17-20(31)29(21(32)35-17)10-18(30)28-15-8-12(22(25,26)27)4-5-16(15)33-2/h4-9H,3,10H2,1-2H3,(H,28,30)/b17-7-. The molecule has 0 unspecified atom stereocenters. The molecule has 0 atom stereocenters. The van der Waals surface area contributed by atoms with Crippen LogP contribution in [0.4, 0.5) is 23.7 Å². The van der Waals surface area contributed by atoms with Crippen molar-refractivity contribution in [2.45, 2.75) is 13.1 Å². The topological polar surface area (TPSA) is 84.9 Å². The van der Waals surface area contributed by atoms with Crippen LogP contribution in [0.2, 0.25) is 10.0 Å². The highest BCUT2D eigenvalue weighted by Gasteiger charge is 2.37. The van der Waals surface area contributed by atoms with Crippen LogP contribution in [0, 0.1) is 0 Å². The van der Waals surface area contributed by atoms with E-state index in [-0.39, 0.29) is 38.7 Å². The number of anilines is 1. The number of ether oxygens (including phenoxy) is 2. The number of thioether (sulfide) groups is 1. The summed E-state index contributed by atoms with van der Waals surface area (Å²) in [5.74, 6) is -1.43. The summed E-state index contributed by atoms with van der Waals surface area (Å²) in [4.78, 5) is 38.4. The summed E-state index contributed by atoms with van der Waals surface area (Å²) >= 11 is 12.8. The molecule has 1 saturated heterocycles. The maximum atomic E-state index is 13.0. The van der Waals surface area contributed by atoms with Crippen molar-refractivity contribution in [1.82, 2.24) is 4.90 Å². The van der Waals surface area contributed by atoms with Crippen LogP contribution in [-0.4, -0.2) is 42.2 Å². The monoisotopic (exact) mass is 548 g/mol. The Morgan fingerprint density at radius 1 is 1.20 bits per heavy atom. The lowest BCUT2D eigenvalue weighted by Gasteiger charge is -2.16. The molecular formula is C22H17Cl2F3N2O5S. The van der Waals surface area contributed by atoms with Gasteiger partial charge in [0, 0.05) is 10.6 Å². The van der Waals surface area contributed by atoms with Gasteiger partial charge in [-0.25, -0.2) is 0 Å². The highest BCUT2D eigenvalue weighted by Crippen LogP contribution is 2.38. The van der Waals surface area contributed by atoms with E-state index >= 15 is 0 Å². The number of nitrogens with one attached hydrogen (secondary N) is 1. The molecule has 0 saturated carbocycles. The fourth-order valence-electron chi connectivity index (χ4n) is 3.08. The number of hydrogen-bond donors (Lipinski definition) is 1. The number of nitrogens with zero attached hydrogens (tertiary/aromatic N) is 1. The molecular weight excluding hydrogens is 532 g/mol. The van der Waals surface area contributed by atoms with Crippen LogP contribution in [0.25, 0.3) is 6.08 Å². The highest BCUT2D eigenvalue weighted by atomic mass is 35.5. The zero-order valence-corrected chi connectivity index (χ0v) is 20.5. The molecule has 3 amide bonds. The summed E-state index contributed by atoms with van der Waals surface area (Å²) < 4.78 is 49.6. The van der Waals surface area contributed by atoms with Gasteiger partial charge in [0.1, 0.15) is 18.0 Å². The minimum Gasteiger partial charge on any atom is -0.495 e. The molecule has 0 radical (unpaired) electrons. The number of amides is 3. The fraction of sp³-hybridized carbons (Fsp3) is 0.227. The zero-order valence-electron chi connectivity index (χ0n) is 18.2. The summed E-state index contributed by atoms with van der Waals surface area (Å²) in [6.07, 6.45) is -3.28. The second kappa shape index (κ2) is 10.8. The first-order valence-electron chi connectivity index (χ1n) is 9.86. The Kier molecular flexibility index (Phi) is 8.24. The molecule has 0 aromatic heterocycles. The minimum atomic E-state index is -4.65. The molecule has 2 aromatic rings. The normalized spacial score (nSPS) is 15.1. The van der Waals surface area contributed by atoms with Crippen molar-refractivity contribution in [2.75, 3.05) is 25.6 Å². The third-order valence-corrected chi connectivity index (χ3v) is 5.99. The van der Waals surface area contributed by atoms with Crippen LogP contribution in [0.1, 0.15) is 18.1 Å². The maximum Gasteiger partial charge on any atom is 0.416 e. The van der Waals surface area contributed by atoms with Gasteiger partial charge in [-0.3, -0.25) is 19.3 Å². The second-order valence-electron chi connectivity index (χ2n) is 6.97. The third-order valence-electron chi connectivity index (χ3n) is 4.59. The Morgan fingerprint density at radius 2 is 1.91 bits per heavy atom. The van der Waals surface area contributed by atoms with Gasteiger partial charge in [0.15, 0.2) is 0 Å². The van der Waals surface area contributed by atoms with Crippen LogP contribution in [0.3, 0.4) is 0 Å².